The summed E-state index contributed by atoms with van der Waals surface area (Å²) in [4.78, 5) is 32.4. The third-order valence-corrected chi connectivity index (χ3v) is 7.95. The van der Waals surface area contributed by atoms with E-state index < -0.39 is 0 Å². The van der Waals surface area contributed by atoms with Crippen molar-refractivity contribution in [2.75, 3.05) is 77.4 Å². The van der Waals surface area contributed by atoms with Gasteiger partial charge in [-0.3, -0.25) is 19.9 Å². The van der Waals surface area contributed by atoms with Crippen LogP contribution < -0.4 is 31.6 Å². The number of anilines is 1. The molecule has 4 rings (SSSR count). The summed E-state index contributed by atoms with van der Waals surface area (Å²) in [7, 11) is 0. The largest absolute Gasteiger partial charge is 0.493 e. The van der Waals surface area contributed by atoms with E-state index in [1.165, 1.54) is 19.3 Å². The van der Waals surface area contributed by atoms with Crippen LogP contribution in [0, 0.1) is 5.41 Å². The zero-order valence-corrected chi connectivity index (χ0v) is 25.7. The van der Waals surface area contributed by atoms with Crippen LogP contribution in [0.4, 0.5) is 5.69 Å². The van der Waals surface area contributed by atoms with Gasteiger partial charge in [0.15, 0.2) is 12.6 Å². The zero-order chi connectivity index (χ0) is 31.1. The molecular weight excluding hydrogens is 560 g/mol. The van der Waals surface area contributed by atoms with E-state index in [2.05, 4.69) is 20.4 Å². The molecule has 0 saturated carbocycles. The number of guanidine groups is 1. The molecule has 0 unspecified atom stereocenters. The summed E-state index contributed by atoms with van der Waals surface area (Å²) in [5.41, 5.74) is 13.1. The van der Waals surface area contributed by atoms with Crippen LogP contribution >= 0.6 is 0 Å². The van der Waals surface area contributed by atoms with E-state index in [1.807, 2.05) is 17.0 Å². The molecule has 2 aliphatic heterocycles. The van der Waals surface area contributed by atoms with Gasteiger partial charge in [0.25, 0.3) is 11.8 Å². The second-order valence-corrected chi connectivity index (χ2v) is 11.3. The molecule has 12 heteroatoms. The third kappa shape index (κ3) is 10.4. The van der Waals surface area contributed by atoms with Gasteiger partial charge in [-0.05, 0) is 82.2 Å². The lowest BCUT2D eigenvalue weighted by molar-refractivity contribution is -0.118. The molecule has 0 atom stereocenters. The number of nitrogens with two attached hydrogens (primary N) is 2. The number of piperidine rings is 1. The molecule has 2 saturated heterocycles. The van der Waals surface area contributed by atoms with Crippen molar-refractivity contribution in [2.24, 2.45) is 11.5 Å². The maximum atomic E-state index is 12.9. The predicted octanol–water partition coefficient (Wildman–Crippen LogP) is 2.05. The number of ether oxygens (including phenoxy) is 2. The minimum Gasteiger partial charge on any atom is -0.493 e. The highest BCUT2D eigenvalue weighted by Gasteiger charge is 2.20. The average molecular weight is 609 g/mol. The smallest absolute Gasteiger partial charge is 0.262 e. The Labute approximate surface area is 260 Å². The molecule has 2 aliphatic rings. The van der Waals surface area contributed by atoms with E-state index in [1.54, 1.807) is 30.3 Å². The molecule has 2 aromatic carbocycles. The van der Waals surface area contributed by atoms with Gasteiger partial charge in [-0.25, -0.2) is 0 Å². The molecule has 240 valence electrons. The summed E-state index contributed by atoms with van der Waals surface area (Å²) in [6, 6.07) is 12.5. The highest BCUT2D eigenvalue weighted by molar-refractivity contribution is 6.04. The first kappa shape index (κ1) is 33.0. The van der Waals surface area contributed by atoms with E-state index in [9.17, 15) is 9.59 Å². The highest BCUT2D eigenvalue weighted by atomic mass is 16.5. The molecular formula is C32H48N8O4. The molecule has 44 heavy (non-hydrogen) atoms. The number of carbonyl (C=O) groups is 2. The molecule has 0 spiro atoms. The lowest BCUT2D eigenvalue weighted by Gasteiger charge is -2.35. The number of nitrogens with zero attached hydrogens (tertiary/aromatic N) is 3. The van der Waals surface area contributed by atoms with Crippen LogP contribution in [0.1, 0.15) is 48.0 Å². The van der Waals surface area contributed by atoms with Crippen LogP contribution in [0.3, 0.4) is 0 Å². The zero-order valence-electron chi connectivity index (χ0n) is 25.7. The first-order valence-electron chi connectivity index (χ1n) is 15.7. The maximum Gasteiger partial charge on any atom is 0.262 e. The van der Waals surface area contributed by atoms with Crippen LogP contribution in [0.5, 0.6) is 11.5 Å². The second kappa shape index (κ2) is 17.4. The summed E-state index contributed by atoms with van der Waals surface area (Å²) in [5.74, 6) is 0.819. The fourth-order valence-corrected chi connectivity index (χ4v) is 5.47. The van der Waals surface area contributed by atoms with E-state index in [0.717, 1.165) is 56.9 Å². The number of hydrogen-bond donors (Lipinski definition) is 5. The lowest BCUT2D eigenvalue weighted by Crippen LogP contribution is -2.50. The lowest BCUT2D eigenvalue weighted by atomic mass is 10.1. The van der Waals surface area contributed by atoms with E-state index >= 15 is 0 Å². The number of piperazine rings is 1. The maximum absolute atomic E-state index is 12.9. The van der Waals surface area contributed by atoms with Gasteiger partial charge < -0.3 is 41.4 Å². The first-order valence-corrected chi connectivity index (χ1v) is 15.7. The van der Waals surface area contributed by atoms with Gasteiger partial charge in [0, 0.05) is 44.8 Å². The van der Waals surface area contributed by atoms with E-state index in [0.29, 0.717) is 56.3 Å². The first-order chi connectivity index (χ1) is 21.4. The molecule has 2 fully saturated rings. The molecule has 2 amide bonds. The van der Waals surface area contributed by atoms with Crippen LogP contribution in [-0.4, -0.2) is 105 Å². The molecule has 0 radical (unpaired) electrons. The highest BCUT2D eigenvalue weighted by Crippen LogP contribution is 2.27. The van der Waals surface area contributed by atoms with Gasteiger partial charge >= 0.3 is 0 Å². The minimum atomic E-state index is -0.361. The number of hydrogen-bond acceptors (Lipinski definition) is 8. The molecule has 7 N–H and O–H groups in total. The monoisotopic (exact) mass is 608 g/mol. The second-order valence-electron chi connectivity index (χ2n) is 11.3. The van der Waals surface area contributed by atoms with Gasteiger partial charge in [0.1, 0.15) is 11.5 Å². The topological polar surface area (TPSA) is 162 Å². The molecule has 0 aromatic heterocycles. The predicted molar refractivity (Wildman–Crippen MR) is 172 cm³/mol. The summed E-state index contributed by atoms with van der Waals surface area (Å²) in [5, 5.41) is 13.5. The van der Waals surface area contributed by atoms with Crippen molar-refractivity contribution in [3.8, 4) is 11.5 Å². The fourth-order valence-electron chi connectivity index (χ4n) is 5.47. The van der Waals surface area contributed by atoms with Gasteiger partial charge in [-0.1, -0.05) is 18.6 Å². The quantitative estimate of drug-likeness (QED) is 0.116. The standard InChI is InChI=1S/C32H48N8O4/c33-12-6-21-43-29-11-10-26(22-25(29)23-39-17-19-40(20-18-39)32(34)35)44-24-30(41)37-28-9-3-2-8-27(28)31(42)36-13-7-16-38-14-4-1-5-15-38/h2-3,8-11,22H,1,4-7,12-21,23-24,33H2,(H3,34,35)(H,36,42)(H,37,41). The van der Waals surface area contributed by atoms with Crippen molar-refractivity contribution in [3.05, 3.63) is 53.6 Å². The number of rotatable bonds is 15. The number of carbonyl (C=O) groups excluding carboxylic acids is 2. The summed E-state index contributed by atoms with van der Waals surface area (Å²) in [6.45, 7) is 8.22. The minimum absolute atomic E-state index is 0.0932. The number of nitrogens with one attached hydrogen (secondary N) is 3. The van der Waals surface area contributed by atoms with Crippen LogP contribution in [0.15, 0.2) is 42.5 Å². The Hall–Kier alpha value is -3.87. The SMILES string of the molecule is N=C(N)N1CCN(Cc2cc(OCC(=O)Nc3ccccc3C(=O)NCCCN3CCCCC3)ccc2OCCCN)CC1. The normalized spacial score (nSPS) is 15.9. The van der Waals surface area contributed by atoms with Crippen LogP contribution in [0.25, 0.3) is 0 Å². The van der Waals surface area contributed by atoms with E-state index in [4.69, 9.17) is 26.4 Å². The Kier molecular flexibility index (Phi) is 13.1. The Balaban J connectivity index is 1.30. The number of amides is 2. The molecule has 0 aliphatic carbocycles. The molecule has 0 bridgehead atoms. The van der Waals surface area contributed by atoms with Crippen LogP contribution in [0.2, 0.25) is 0 Å². The molecule has 2 heterocycles. The van der Waals surface area contributed by atoms with Crippen molar-refractivity contribution < 1.29 is 19.1 Å². The average Bonchev–Trinajstić information content (AvgIpc) is 3.04. The van der Waals surface area contributed by atoms with Crippen molar-refractivity contribution in [1.82, 2.24) is 20.0 Å². The Morgan fingerprint density at radius 2 is 1.68 bits per heavy atom. The van der Waals surface area contributed by atoms with Crippen LogP contribution in [-0.2, 0) is 11.3 Å². The summed E-state index contributed by atoms with van der Waals surface area (Å²) < 4.78 is 11.9. The summed E-state index contributed by atoms with van der Waals surface area (Å²) >= 11 is 0. The number of benzene rings is 2. The van der Waals surface area contributed by atoms with Crippen molar-refractivity contribution in [1.29, 1.82) is 5.41 Å². The van der Waals surface area contributed by atoms with Gasteiger partial charge in [0.2, 0.25) is 0 Å². The Morgan fingerprint density at radius 3 is 2.43 bits per heavy atom. The molecule has 2 aromatic rings. The Morgan fingerprint density at radius 1 is 0.909 bits per heavy atom. The molecule has 12 nitrogen and oxygen atoms in total. The fraction of sp³-hybridized carbons (Fsp3) is 0.531. The number of likely N-dealkylation sites (tertiary alicyclic amines) is 1. The van der Waals surface area contributed by atoms with Crippen molar-refractivity contribution in [2.45, 2.75) is 38.6 Å². The van der Waals surface area contributed by atoms with Gasteiger partial charge in [0.05, 0.1) is 17.9 Å². The van der Waals surface area contributed by atoms with Crippen molar-refractivity contribution in [3.63, 3.8) is 0 Å². The van der Waals surface area contributed by atoms with E-state index in [-0.39, 0.29) is 24.4 Å². The van der Waals surface area contributed by atoms with Gasteiger partial charge in [-0.15, -0.1) is 0 Å². The Bertz CT molecular complexity index is 1230. The summed E-state index contributed by atoms with van der Waals surface area (Å²) in [6.07, 6.45) is 5.44. The van der Waals surface area contributed by atoms with Gasteiger partial charge in [-0.2, -0.15) is 0 Å². The number of para-hydroxylation sites is 1. The third-order valence-electron chi connectivity index (χ3n) is 7.95. The van der Waals surface area contributed by atoms with Crippen molar-refractivity contribution >= 4 is 23.5 Å².